The Bertz CT molecular complexity index is 2060. The standard InChI is InChI=1S/C44H53N2O5S2.F6P/c1-45(36-21-19-35(20-22-36)44-39-12-4-6-14-41(39)46(2)42-15-7-5-13-40(42)44)26-28-48-29-30-49-31-32-50-37-23-17-34(18-24-37)10-9-27-51-43(47)16-8-3-11-38-25-33-52-53-38;1-7(2,3,4,5)6/h4-7,12-15,17-24,38H,3,8-11,16,25-33H2,1-2H3;/q+1;-1. The summed E-state index contributed by atoms with van der Waals surface area (Å²) in [5, 5.41) is 3.29. The van der Waals surface area contributed by atoms with Crippen LogP contribution in [-0.2, 0) is 32.5 Å². The van der Waals surface area contributed by atoms with Crippen molar-refractivity contribution in [2.45, 2.75) is 50.2 Å². The van der Waals surface area contributed by atoms with Gasteiger partial charge in [0.05, 0.1) is 43.8 Å². The Morgan fingerprint density at radius 2 is 1.35 bits per heavy atom. The van der Waals surface area contributed by atoms with E-state index < -0.39 is 7.81 Å². The summed E-state index contributed by atoms with van der Waals surface area (Å²) in [6.45, 7) is 3.95. The van der Waals surface area contributed by atoms with E-state index in [4.69, 9.17) is 18.9 Å². The molecule has 7 nitrogen and oxygen atoms in total. The molecule has 1 aromatic heterocycles. The van der Waals surface area contributed by atoms with Gasteiger partial charge in [-0.15, -0.1) is 0 Å². The number of nitrogens with zero attached hydrogens (tertiary/aromatic N) is 2. The molecule has 1 aliphatic heterocycles. The number of pyridine rings is 1. The van der Waals surface area contributed by atoms with E-state index in [2.05, 4.69) is 108 Å². The van der Waals surface area contributed by atoms with Crippen molar-refractivity contribution in [3.63, 3.8) is 0 Å². The first-order valence-corrected chi connectivity index (χ1v) is 24.4. The molecule has 1 fully saturated rings. The number of anilines is 1. The molecule has 0 saturated carbocycles. The van der Waals surface area contributed by atoms with Crippen LogP contribution in [0.4, 0.5) is 30.9 Å². The van der Waals surface area contributed by atoms with Crippen LogP contribution in [0.1, 0.15) is 44.1 Å². The van der Waals surface area contributed by atoms with Gasteiger partial charge in [-0.05, 0) is 79.6 Å². The van der Waals surface area contributed by atoms with E-state index in [0.717, 1.165) is 48.9 Å². The average molecular weight is 899 g/mol. The number of aryl methyl sites for hydroxylation is 2. The van der Waals surface area contributed by atoms with Crippen LogP contribution in [0.5, 0.6) is 5.75 Å². The van der Waals surface area contributed by atoms with Gasteiger partial charge in [-0.2, -0.15) is 4.57 Å². The number of para-hydroxylation sites is 2. The summed E-state index contributed by atoms with van der Waals surface area (Å²) in [5.74, 6) is 2.02. The van der Waals surface area contributed by atoms with Gasteiger partial charge in [-0.25, -0.2) is 0 Å². The van der Waals surface area contributed by atoms with E-state index in [1.807, 2.05) is 33.7 Å². The summed E-state index contributed by atoms with van der Waals surface area (Å²) >= 11 is 0. The number of esters is 1. The van der Waals surface area contributed by atoms with E-state index in [1.165, 1.54) is 57.1 Å². The zero-order valence-electron chi connectivity index (χ0n) is 33.9. The first kappa shape index (κ1) is 47.3. The molecule has 0 aliphatic carbocycles. The van der Waals surface area contributed by atoms with Crippen LogP contribution in [0.25, 0.3) is 32.9 Å². The van der Waals surface area contributed by atoms with Gasteiger partial charge in [-0.3, -0.25) is 4.79 Å². The van der Waals surface area contributed by atoms with Crippen LogP contribution in [0.3, 0.4) is 0 Å². The molecule has 328 valence electrons. The number of carbonyl (C=O) groups excluding carboxylic acids is 1. The molecule has 2 heterocycles. The van der Waals surface area contributed by atoms with Gasteiger partial charge in [0.1, 0.15) is 19.4 Å². The molecule has 5 aromatic rings. The minimum absolute atomic E-state index is 0.0672. The normalized spacial score (nSPS) is 15.2. The van der Waals surface area contributed by atoms with Crippen molar-refractivity contribution < 1.29 is 53.5 Å². The molecule has 60 heavy (non-hydrogen) atoms. The van der Waals surface area contributed by atoms with Crippen molar-refractivity contribution in [1.29, 1.82) is 0 Å². The molecule has 1 atom stereocenters. The van der Waals surface area contributed by atoms with Crippen LogP contribution >= 0.6 is 29.4 Å². The first-order chi connectivity index (χ1) is 28.5. The second kappa shape index (κ2) is 21.4. The zero-order valence-corrected chi connectivity index (χ0v) is 36.4. The fraction of sp³-hybridized carbons (Fsp3) is 0.409. The summed E-state index contributed by atoms with van der Waals surface area (Å²) in [6.07, 6.45) is 6.80. The van der Waals surface area contributed by atoms with Crippen molar-refractivity contribution in [3.05, 3.63) is 103 Å². The van der Waals surface area contributed by atoms with E-state index in [-0.39, 0.29) is 5.97 Å². The first-order valence-electron chi connectivity index (χ1n) is 20.0. The molecule has 16 heteroatoms. The third-order valence-corrected chi connectivity index (χ3v) is 12.8. The number of carbonyl (C=O) groups is 1. The third-order valence-electron chi connectivity index (χ3n) is 9.79. The molecule has 0 bridgehead atoms. The number of benzene rings is 4. The van der Waals surface area contributed by atoms with Crippen molar-refractivity contribution in [2.75, 3.05) is 63.9 Å². The number of unbranched alkanes of at least 4 members (excludes halogenated alkanes) is 1. The van der Waals surface area contributed by atoms with Gasteiger partial charge in [0.2, 0.25) is 11.0 Å². The van der Waals surface area contributed by atoms with E-state index >= 15 is 0 Å². The monoisotopic (exact) mass is 898 g/mol. The Hall–Kier alpha value is -3.75. The molecular formula is C44H53F6N2O5PS2. The fourth-order valence-electron chi connectivity index (χ4n) is 6.79. The maximum atomic E-state index is 12.0. The van der Waals surface area contributed by atoms with Gasteiger partial charge in [0, 0.05) is 54.4 Å². The van der Waals surface area contributed by atoms with Gasteiger partial charge >= 0.3 is 39.0 Å². The van der Waals surface area contributed by atoms with Gasteiger partial charge < -0.3 is 23.8 Å². The number of hydrogen-bond acceptors (Lipinski definition) is 8. The van der Waals surface area contributed by atoms with Crippen LogP contribution in [0.15, 0.2) is 97.1 Å². The molecule has 6 rings (SSSR count). The number of aromatic nitrogens is 1. The van der Waals surface area contributed by atoms with Gasteiger partial charge in [0.15, 0.2) is 0 Å². The predicted molar refractivity (Wildman–Crippen MR) is 235 cm³/mol. The van der Waals surface area contributed by atoms with Crippen molar-refractivity contribution >= 4 is 62.9 Å². The van der Waals surface area contributed by atoms with Crippen LogP contribution in [0, 0.1) is 0 Å². The van der Waals surface area contributed by atoms with Crippen molar-refractivity contribution in [2.24, 2.45) is 7.05 Å². The summed E-state index contributed by atoms with van der Waals surface area (Å²) in [5.41, 5.74) is 7.29. The van der Waals surface area contributed by atoms with Crippen LogP contribution < -0.4 is 14.2 Å². The SMILES string of the molecule is CN(CCOCCOCCOc1ccc(CCCOC(=O)CCCCC2CCSS2)cc1)c1ccc(-c2c3ccccc3[n+](C)c3ccccc23)cc1.F[P-](F)(F)(F)(F)F. The number of hydrogen-bond donors (Lipinski definition) is 0. The Kier molecular flexibility index (Phi) is 16.8. The molecule has 1 unspecified atom stereocenters. The molecule has 4 aromatic carbocycles. The summed E-state index contributed by atoms with van der Waals surface area (Å²) in [7, 11) is -2.44. The molecule has 0 spiro atoms. The number of ether oxygens (including phenoxy) is 4. The number of likely N-dealkylation sites (N-methyl/N-ethyl adjacent to an activating group) is 1. The molecule has 0 radical (unpaired) electrons. The molecule has 0 amide bonds. The number of rotatable bonds is 21. The van der Waals surface area contributed by atoms with E-state index in [9.17, 15) is 30.0 Å². The van der Waals surface area contributed by atoms with E-state index in [1.54, 1.807) is 0 Å². The maximum absolute atomic E-state index is 12.0. The summed E-state index contributed by atoms with van der Waals surface area (Å²) in [6, 6.07) is 34.2. The zero-order chi connectivity index (χ0) is 43.1. The summed E-state index contributed by atoms with van der Waals surface area (Å²) < 4.78 is 84.3. The molecule has 1 saturated heterocycles. The van der Waals surface area contributed by atoms with E-state index in [0.29, 0.717) is 46.1 Å². The Labute approximate surface area is 355 Å². The van der Waals surface area contributed by atoms with Crippen LogP contribution in [0.2, 0.25) is 0 Å². The van der Waals surface area contributed by atoms with Crippen molar-refractivity contribution in [3.8, 4) is 16.9 Å². The molecular weight excluding hydrogens is 846 g/mol. The Morgan fingerprint density at radius 1 is 0.750 bits per heavy atom. The van der Waals surface area contributed by atoms with Crippen molar-refractivity contribution in [1.82, 2.24) is 0 Å². The molecule has 0 N–H and O–H groups in total. The third kappa shape index (κ3) is 17.0. The Balaban J connectivity index is 0.000000896. The van der Waals surface area contributed by atoms with Gasteiger partial charge in [0.25, 0.3) is 0 Å². The fourth-order valence-corrected chi connectivity index (χ4v) is 9.81. The topological polar surface area (TPSA) is 61.1 Å². The van der Waals surface area contributed by atoms with Crippen LogP contribution in [-0.4, -0.2) is 70.2 Å². The minimum atomic E-state index is -10.7. The molecule has 1 aliphatic rings. The average Bonchev–Trinajstić information content (AvgIpc) is 3.74. The quantitative estimate of drug-likeness (QED) is 0.0137. The Morgan fingerprint density at radius 3 is 1.97 bits per heavy atom. The van der Waals surface area contributed by atoms with Gasteiger partial charge in [-0.1, -0.05) is 76.5 Å². The second-order valence-corrected chi connectivity index (χ2v) is 19.2. The number of fused-ring (bicyclic) bond motifs is 2. The summed E-state index contributed by atoms with van der Waals surface area (Å²) in [4.78, 5) is 14.2. The second-order valence-electron chi connectivity index (χ2n) is 14.5. The predicted octanol–water partition coefficient (Wildman–Crippen LogP) is 12.6. The number of halogens is 6.